The lowest BCUT2D eigenvalue weighted by atomic mass is 10.2. The molecule has 8 heteroatoms. The minimum absolute atomic E-state index is 0.196. The van der Waals surface area contributed by atoms with Crippen LogP contribution in [0.3, 0.4) is 0 Å². The predicted molar refractivity (Wildman–Crippen MR) is 80.9 cm³/mol. The molecule has 0 unspecified atom stereocenters. The lowest BCUT2D eigenvalue weighted by Gasteiger charge is -2.05. The Morgan fingerprint density at radius 3 is 2.41 bits per heavy atom. The fourth-order valence-electron chi connectivity index (χ4n) is 2.06. The van der Waals surface area contributed by atoms with Crippen molar-refractivity contribution in [2.24, 2.45) is 0 Å². The molecule has 0 aliphatic carbocycles. The van der Waals surface area contributed by atoms with E-state index in [1.165, 1.54) is 16.8 Å². The maximum absolute atomic E-state index is 11.2. The second-order valence-corrected chi connectivity index (χ2v) is 5.03. The van der Waals surface area contributed by atoms with Crippen LogP contribution in [0.1, 0.15) is 25.2 Å². The van der Waals surface area contributed by atoms with Crippen LogP contribution in [0, 0.1) is 27.2 Å². The zero-order valence-corrected chi connectivity index (χ0v) is 12.3. The monoisotopic (exact) mass is 302 g/mol. The van der Waals surface area contributed by atoms with Crippen LogP contribution in [0.25, 0.3) is 11.8 Å². The second kappa shape index (κ2) is 5.76. The van der Waals surface area contributed by atoms with Crippen molar-refractivity contribution >= 4 is 17.5 Å². The van der Waals surface area contributed by atoms with Gasteiger partial charge in [-0.05, 0) is 39.0 Å². The van der Waals surface area contributed by atoms with Gasteiger partial charge in [0.1, 0.15) is 5.69 Å². The summed E-state index contributed by atoms with van der Waals surface area (Å²) < 4.78 is 1.41. The average Bonchev–Trinajstić information content (AvgIpc) is 2.77. The van der Waals surface area contributed by atoms with Crippen LogP contribution in [0.4, 0.5) is 11.4 Å². The fraction of sp³-hybridized carbons (Fsp3) is 0.214. The van der Waals surface area contributed by atoms with E-state index in [2.05, 4.69) is 5.10 Å². The normalized spacial score (nSPS) is 10.3. The molecule has 2 aromatic rings. The van der Waals surface area contributed by atoms with Crippen LogP contribution < -0.4 is 0 Å². The van der Waals surface area contributed by atoms with Gasteiger partial charge >= 0.3 is 5.69 Å². The number of aromatic nitrogens is 2. The van der Waals surface area contributed by atoms with Crippen molar-refractivity contribution in [2.75, 3.05) is 0 Å². The van der Waals surface area contributed by atoms with E-state index in [0.29, 0.717) is 11.4 Å². The van der Waals surface area contributed by atoms with Crippen molar-refractivity contribution in [1.29, 1.82) is 0 Å². The molecule has 0 radical (unpaired) electrons. The van der Waals surface area contributed by atoms with E-state index in [9.17, 15) is 20.2 Å². The average molecular weight is 302 g/mol. The highest BCUT2D eigenvalue weighted by molar-refractivity contribution is 5.59. The van der Waals surface area contributed by atoms with Gasteiger partial charge in [0.05, 0.1) is 21.6 Å². The third kappa shape index (κ3) is 3.00. The Hall–Kier alpha value is -3.03. The summed E-state index contributed by atoms with van der Waals surface area (Å²) >= 11 is 0. The first kappa shape index (κ1) is 15.4. The standard InChI is InChI=1S/C14H14N4O4/c1-9(2)6-11-7-10(3)16(15-11)13-5-4-12(17(19)20)8-14(13)18(21)22/h4-8H,1-3H3. The van der Waals surface area contributed by atoms with E-state index in [-0.39, 0.29) is 17.1 Å². The molecule has 0 saturated heterocycles. The van der Waals surface area contributed by atoms with E-state index in [1.807, 2.05) is 19.9 Å². The molecule has 1 aromatic carbocycles. The Bertz CT molecular complexity index is 788. The molecule has 0 fully saturated rings. The SMILES string of the molecule is CC(C)=Cc1cc(C)n(-c2ccc([N+](=O)[O-])cc2[N+](=O)[O-])n1. The zero-order valence-electron chi connectivity index (χ0n) is 12.3. The van der Waals surface area contributed by atoms with E-state index < -0.39 is 9.85 Å². The Balaban J connectivity index is 2.62. The number of hydrogen-bond donors (Lipinski definition) is 0. The van der Waals surface area contributed by atoms with E-state index >= 15 is 0 Å². The number of rotatable bonds is 4. The van der Waals surface area contributed by atoms with E-state index in [4.69, 9.17) is 0 Å². The van der Waals surface area contributed by atoms with Gasteiger partial charge in [0.25, 0.3) is 5.69 Å². The minimum Gasteiger partial charge on any atom is -0.258 e. The first-order valence-corrected chi connectivity index (χ1v) is 6.44. The third-order valence-electron chi connectivity index (χ3n) is 2.94. The van der Waals surface area contributed by atoms with E-state index in [1.54, 1.807) is 13.0 Å². The number of allylic oxidation sites excluding steroid dienone is 1. The number of nitro groups is 2. The summed E-state index contributed by atoms with van der Waals surface area (Å²) in [5.74, 6) is 0. The van der Waals surface area contributed by atoms with Crippen molar-refractivity contribution in [3.8, 4) is 5.69 Å². The van der Waals surface area contributed by atoms with Crippen LogP contribution in [0.15, 0.2) is 29.8 Å². The highest BCUT2D eigenvalue weighted by Crippen LogP contribution is 2.28. The molecule has 0 N–H and O–H groups in total. The predicted octanol–water partition coefficient (Wildman–Crippen LogP) is 3.42. The molecule has 0 saturated carbocycles. The highest BCUT2D eigenvalue weighted by Gasteiger charge is 2.22. The molecule has 0 aliphatic rings. The minimum atomic E-state index is -0.665. The molecule has 22 heavy (non-hydrogen) atoms. The van der Waals surface area contributed by atoms with Gasteiger partial charge < -0.3 is 0 Å². The Morgan fingerprint density at radius 1 is 1.18 bits per heavy atom. The summed E-state index contributed by atoms with van der Waals surface area (Å²) in [6.07, 6.45) is 1.85. The van der Waals surface area contributed by atoms with Gasteiger partial charge in [0, 0.05) is 11.8 Å². The number of non-ortho nitro benzene ring substituents is 1. The third-order valence-corrected chi connectivity index (χ3v) is 2.94. The van der Waals surface area contributed by atoms with Crippen LogP contribution in [-0.4, -0.2) is 19.6 Å². The topological polar surface area (TPSA) is 104 Å². The van der Waals surface area contributed by atoms with Crippen LogP contribution in [0.5, 0.6) is 0 Å². The smallest absolute Gasteiger partial charge is 0.258 e. The fourth-order valence-corrected chi connectivity index (χ4v) is 2.06. The number of aryl methyl sites for hydroxylation is 1. The molecule has 0 spiro atoms. The van der Waals surface area contributed by atoms with Crippen molar-refractivity contribution in [3.63, 3.8) is 0 Å². The Morgan fingerprint density at radius 2 is 1.86 bits per heavy atom. The molecule has 0 atom stereocenters. The van der Waals surface area contributed by atoms with Gasteiger partial charge in [0.2, 0.25) is 0 Å². The molecule has 114 valence electrons. The Labute approximate surface area is 126 Å². The number of nitro benzene ring substituents is 2. The molecule has 8 nitrogen and oxygen atoms in total. The number of benzene rings is 1. The van der Waals surface area contributed by atoms with Gasteiger partial charge in [-0.3, -0.25) is 20.2 Å². The van der Waals surface area contributed by atoms with Gasteiger partial charge in [-0.25, -0.2) is 4.68 Å². The molecule has 1 heterocycles. The van der Waals surface area contributed by atoms with Crippen LogP contribution in [-0.2, 0) is 0 Å². The summed E-state index contributed by atoms with van der Waals surface area (Å²) in [6, 6.07) is 5.29. The summed E-state index contributed by atoms with van der Waals surface area (Å²) in [4.78, 5) is 20.7. The summed E-state index contributed by atoms with van der Waals surface area (Å²) in [6.45, 7) is 5.60. The molecule has 1 aromatic heterocycles. The molecule has 0 aliphatic heterocycles. The molecular formula is C14H14N4O4. The van der Waals surface area contributed by atoms with Crippen LogP contribution in [0.2, 0.25) is 0 Å². The second-order valence-electron chi connectivity index (χ2n) is 5.03. The molecular weight excluding hydrogens is 288 g/mol. The summed E-state index contributed by atoms with van der Waals surface area (Å²) in [5, 5.41) is 26.3. The van der Waals surface area contributed by atoms with Crippen molar-refractivity contribution in [2.45, 2.75) is 20.8 Å². The summed E-state index contributed by atoms with van der Waals surface area (Å²) in [5.41, 5.74) is 1.92. The molecule has 0 bridgehead atoms. The van der Waals surface area contributed by atoms with E-state index in [0.717, 1.165) is 11.6 Å². The first-order valence-electron chi connectivity index (χ1n) is 6.44. The lowest BCUT2D eigenvalue weighted by molar-refractivity contribution is -0.394. The number of nitrogens with zero attached hydrogens (tertiary/aromatic N) is 4. The quantitative estimate of drug-likeness (QED) is 0.635. The Kier molecular flexibility index (Phi) is 4.02. The maximum atomic E-state index is 11.2. The summed E-state index contributed by atoms with van der Waals surface area (Å²) in [7, 11) is 0. The largest absolute Gasteiger partial charge is 0.301 e. The molecule has 2 rings (SSSR count). The number of hydrogen-bond acceptors (Lipinski definition) is 5. The van der Waals surface area contributed by atoms with Gasteiger partial charge in [0.15, 0.2) is 0 Å². The van der Waals surface area contributed by atoms with Crippen molar-refractivity contribution < 1.29 is 9.85 Å². The van der Waals surface area contributed by atoms with Crippen molar-refractivity contribution in [1.82, 2.24) is 9.78 Å². The first-order chi connectivity index (χ1) is 10.3. The highest BCUT2D eigenvalue weighted by atomic mass is 16.6. The zero-order chi connectivity index (χ0) is 16.4. The van der Waals surface area contributed by atoms with Gasteiger partial charge in [-0.15, -0.1) is 0 Å². The lowest BCUT2D eigenvalue weighted by Crippen LogP contribution is -2.04. The van der Waals surface area contributed by atoms with Gasteiger partial charge in [-0.1, -0.05) is 5.57 Å². The van der Waals surface area contributed by atoms with Crippen molar-refractivity contribution in [3.05, 3.63) is 61.5 Å². The maximum Gasteiger partial charge on any atom is 0.301 e. The van der Waals surface area contributed by atoms with Crippen LogP contribution >= 0.6 is 0 Å². The van der Waals surface area contributed by atoms with Gasteiger partial charge in [-0.2, -0.15) is 5.10 Å². The molecule has 0 amide bonds.